The lowest BCUT2D eigenvalue weighted by atomic mass is 10.1. The number of carbonyl (C=O) groups is 2. The average Bonchev–Trinajstić information content (AvgIpc) is 3.22. The number of nitrogens with one attached hydrogen (secondary N) is 2. The van der Waals surface area contributed by atoms with Crippen molar-refractivity contribution in [3.63, 3.8) is 0 Å². The molecule has 3 aromatic rings. The Morgan fingerprint density at radius 1 is 1.21 bits per heavy atom. The van der Waals surface area contributed by atoms with Crippen LogP contribution in [0.4, 0.5) is 10.8 Å². The number of methoxy groups -OCH3 is 1. The van der Waals surface area contributed by atoms with Crippen molar-refractivity contribution in [2.24, 2.45) is 0 Å². The van der Waals surface area contributed by atoms with Gasteiger partial charge in [0.15, 0.2) is 5.13 Å². The van der Waals surface area contributed by atoms with Gasteiger partial charge in [0.2, 0.25) is 5.91 Å². The summed E-state index contributed by atoms with van der Waals surface area (Å²) >= 11 is 1.43. The molecule has 7 heteroatoms. The molecule has 2 amide bonds. The number of fused-ring (bicyclic) bond motifs is 1. The zero-order valence-electron chi connectivity index (χ0n) is 15.8. The fraction of sp³-hybridized carbons (Fsp3) is 0.190. The third kappa shape index (κ3) is 3.36. The highest BCUT2D eigenvalue weighted by atomic mass is 32.1. The number of hydrogen-bond donors (Lipinski definition) is 2. The van der Waals surface area contributed by atoms with Crippen LogP contribution in [0.5, 0.6) is 5.75 Å². The summed E-state index contributed by atoms with van der Waals surface area (Å²) in [5.41, 5.74) is 4.96. The van der Waals surface area contributed by atoms with Crippen LogP contribution in [-0.4, -0.2) is 23.9 Å². The van der Waals surface area contributed by atoms with Gasteiger partial charge in [-0.25, -0.2) is 4.98 Å². The van der Waals surface area contributed by atoms with Crippen molar-refractivity contribution >= 4 is 34.0 Å². The summed E-state index contributed by atoms with van der Waals surface area (Å²) in [7, 11) is 1.65. The maximum absolute atomic E-state index is 12.6. The molecule has 4 rings (SSSR count). The third-order valence-corrected chi connectivity index (χ3v) is 5.56. The van der Waals surface area contributed by atoms with Crippen molar-refractivity contribution in [2.45, 2.75) is 20.3 Å². The van der Waals surface area contributed by atoms with Gasteiger partial charge in [0.25, 0.3) is 5.91 Å². The van der Waals surface area contributed by atoms with Gasteiger partial charge in [0.1, 0.15) is 5.75 Å². The Balaban J connectivity index is 1.56. The van der Waals surface area contributed by atoms with Gasteiger partial charge >= 0.3 is 0 Å². The van der Waals surface area contributed by atoms with Crippen molar-refractivity contribution in [1.29, 1.82) is 0 Å². The minimum atomic E-state index is -0.242. The quantitative estimate of drug-likeness (QED) is 0.697. The zero-order valence-corrected chi connectivity index (χ0v) is 16.6. The predicted octanol–water partition coefficient (Wildman–Crippen LogP) is 4.18. The molecule has 0 spiro atoms. The zero-order chi connectivity index (χ0) is 19.8. The number of anilines is 2. The number of carbonyl (C=O) groups excluding carboxylic acids is 2. The topological polar surface area (TPSA) is 80.3 Å². The molecule has 0 radical (unpaired) electrons. The fourth-order valence-electron chi connectivity index (χ4n) is 3.28. The Kier molecular flexibility index (Phi) is 4.60. The van der Waals surface area contributed by atoms with E-state index in [9.17, 15) is 9.59 Å². The molecule has 0 atom stereocenters. The van der Waals surface area contributed by atoms with Gasteiger partial charge < -0.3 is 10.1 Å². The second kappa shape index (κ2) is 7.09. The molecule has 0 bridgehead atoms. The molecule has 1 aromatic heterocycles. The second-order valence-corrected chi connectivity index (χ2v) is 7.86. The molecular weight excluding hydrogens is 374 g/mol. The van der Waals surface area contributed by atoms with E-state index >= 15 is 0 Å². The summed E-state index contributed by atoms with van der Waals surface area (Å²) in [6.45, 7) is 3.97. The van der Waals surface area contributed by atoms with Gasteiger partial charge in [-0.2, -0.15) is 0 Å². The van der Waals surface area contributed by atoms with Crippen LogP contribution in [0.25, 0.3) is 11.3 Å². The van der Waals surface area contributed by atoms with Crippen LogP contribution in [0, 0.1) is 13.8 Å². The smallest absolute Gasteiger partial charge is 0.257 e. The molecule has 1 aliphatic rings. The standard InChI is InChI=1S/C21H19N3O3S/c1-11-8-13(5-7-17(11)27-3)19-12(2)28-21(23-19)24-20(26)14-4-6-16-15(9-14)10-18(25)22-16/h4-9H,10H2,1-3H3,(H,22,25)(H,23,24,26). The van der Waals surface area contributed by atoms with E-state index in [1.165, 1.54) is 11.3 Å². The van der Waals surface area contributed by atoms with Crippen LogP contribution < -0.4 is 15.4 Å². The number of aromatic nitrogens is 1. The summed E-state index contributed by atoms with van der Waals surface area (Å²) in [6.07, 6.45) is 0.299. The van der Waals surface area contributed by atoms with E-state index in [0.29, 0.717) is 17.1 Å². The van der Waals surface area contributed by atoms with Crippen molar-refractivity contribution in [1.82, 2.24) is 4.98 Å². The lowest BCUT2D eigenvalue weighted by Crippen LogP contribution is -2.11. The third-order valence-electron chi connectivity index (χ3n) is 4.68. The van der Waals surface area contributed by atoms with E-state index < -0.39 is 0 Å². The van der Waals surface area contributed by atoms with Gasteiger partial charge in [-0.3, -0.25) is 14.9 Å². The molecule has 142 valence electrons. The minimum absolute atomic E-state index is 0.0532. The van der Waals surface area contributed by atoms with E-state index in [2.05, 4.69) is 15.6 Å². The molecule has 0 fully saturated rings. The lowest BCUT2D eigenvalue weighted by Gasteiger charge is -2.06. The summed E-state index contributed by atoms with van der Waals surface area (Å²) in [4.78, 5) is 29.7. The molecule has 0 saturated heterocycles. The number of ether oxygens (including phenoxy) is 1. The molecule has 28 heavy (non-hydrogen) atoms. The number of hydrogen-bond acceptors (Lipinski definition) is 5. The van der Waals surface area contributed by atoms with Crippen molar-refractivity contribution in [2.75, 3.05) is 17.7 Å². The summed E-state index contributed by atoms with van der Waals surface area (Å²) in [6, 6.07) is 11.1. The highest BCUT2D eigenvalue weighted by molar-refractivity contribution is 7.16. The first kappa shape index (κ1) is 18.2. The summed E-state index contributed by atoms with van der Waals surface area (Å²) in [5.74, 6) is 0.533. The maximum atomic E-state index is 12.6. The van der Waals surface area contributed by atoms with E-state index in [1.807, 2.05) is 32.0 Å². The Labute approximate surface area is 166 Å². The molecule has 0 aliphatic carbocycles. The minimum Gasteiger partial charge on any atom is -0.496 e. The first-order valence-corrected chi connectivity index (χ1v) is 9.63. The number of aryl methyl sites for hydroxylation is 2. The van der Waals surface area contributed by atoms with Crippen LogP contribution in [0.2, 0.25) is 0 Å². The van der Waals surface area contributed by atoms with Crippen LogP contribution in [0.3, 0.4) is 0 Å². The van der Waals surface area contributed by atoms with Crippen LogP contribution in [-0.2, 0) is 11.2 Å². The largest absolute Gasteiger partial charge is 0.496 e. The maximum Gasteiger partial charge on any atom is 0.257 e. The summed E-state index contributed by atoms with van der Waals surface area (Å²) < 4.78 is 5.31. The molecule has 2 N–H and O–H groups in total. The van der Waals surface area contributed by atoms with Crippen LogP contribution >= 0.6 is 11.3 Å². The number of thiazole rings is 1. The van der Waals surface area contributed by atoms with Gasteiger partial charge in [-0.1, -0.05) is 0 Å². The summed E-state index contributed by atoms with van der Waals surface area (Å²) in [5, 5.41) is 6.17. The highest BCUT2D eigenvalue weighted by Gasteiger charge is 2.20. The van der Waals surface area contributed by atoms with Crippen molar-refractivity contribution in [3.8, 4) is 17.0 Å². The van der Waals surface area contributed by atoms with Gasteiger partial charge in [0, 0.05) is 21.7 Å². The Bertz CT molecular complexity index is 1100. The lowest BCUT2D eigenvalue weighted by molar-refractivity contribution is -0.115. The molecule has 6 nitrogen and oxygen atoms in total. The van der Waals surface area contributed by atoms with E-state index in [-0.39, 0.29) is 11.8 Å². The Morgan fingerprint density at radius 3 is 2.79 bits per heavy atom. The SMILES string of the molecule is COc1ccc(-c2nc(NC(=O)c3ccc4c(c3)CC(=O)N4)sc2C)cc1C. The van der Waals surface area contributed by atoms with Crippen molar-refractivity contribution < 1.29 is 14.3 Å². The molecule has 0 saturated carbocycles. The number of amides is 2. The fourth-order valence-corrected chi connectivity index (χ4v) is 4.11. The first-order chi connectivity index (χ1) is 13.4. The van der Waals surface area contributed by atoms with Gasteiger partial charge in [-0.05, 0) is 61.4 Å². The number of nitrogens with zero attached hydrogens (tertiary/aromatic N) is 1. The molecule has 2 heterocycles. The van der Waals surface area contributed by atoms with Crippen LogP contribution in [0.15, 0.2) is 36.4 Å². The number of rotatable bonds is 4. The molecule has 0 unspecified atom stereocenters. The highest BCUT2D eigenvalue weighted by Crippen LogP contribution is 2.33. The molecule has 2 aromatic carbocycles. The van der Waals surface area contributed by atoms with Crippen molar-refractivity contribution in [3.05, 3.63) is 58.0 Å². The van der Waals surface area contributed by atoms with E-state index in [1.54, 1.807) is 25.3 Å². The predicted molar refractivity (Wildman–Crippen MR) is 110 cm³/mol. The number of benzene rings is 2. The Morgan fingerprint density at radius 2 is 2.04 bits per heavy atom. The molecular formula is C21H19N3O3S. The van der Waals surface area contributed by atoms with Gasteiger partial charge in [0.05, 0.1) is 19.2 Å². The van der Waals surface area contributed by atoms with Gasteiger partial charge in [-0.15, -0.1) is 11.3 Å². The monoisotopic (exact) mass is 393 g/mol. The first-order valence-electron chi connectivity index (χ1n) is 8.81. The average molecular weight is 393 g/mol. The Hall–Kier alpha value is -3.19. The van der Waals surface area contributed by atoms with E-state index in [4.69, 9.17) is 4.74 Å². The van der Waals surface area contributed by atoms with Crippen LogP contribution in [0.1, 0.15) is 26.4 Å². The van der Waals surface area contributed by atoms with E-state index in [0.717, 1.165) is 38.7 Å². The molecule has 1 aliphatic heterocycles. The normalized spacial score (nSPS) is 12.5. The second-order valence-electron chi connectivity index (χ2n) is 6.66.